The highest BCUT2D eigenvalue weighted by Crippen LogP contribution is 2.17. The average Bonchev–Trinajstić information content (AvgIpc) is 2.76. The van der Waals surface area contributed by atoms with Gasteiger partial charge in [-0.1, -0.05) is 36.4 Å². The number of carbonyl (C=O) groups excluding carboxylic acids is 2. The largest absolute Gasteiger partial charge is 0.491 e. The van der Waals surface area contributed by atoms with Crippen LogP contribution in [0.3, 0.4) is 0 Å². The number of anilines is 1. The fourth-order valence-corrected chi connectivity index (χ4v) is 2.88. The Kier molecular flexibility index (Phi) is 11.1. The van der Waals surface area contributed by atoms with Crippen molar-refractivity contribution in [2.45, 2.75) is 25.7 Å². The summed E-state index contributed by atoms with van der Waals surface area (Å²) >= 11 is 5.15. The second-order valence-electron chi connectivity index (χ2n) is 6.68. The monoisotopic (exact) mass is 444 g/mol. The van der Waals surface area contributed by atoms with Gasteiger partial charge in [0.2, 0.25) is 5.91 Å². The summed E-state index contributed by atoms with van der Waals surface area (Å²) in [5.74, 6) is -0.0968. The molecule has 2 aromatic carbocycles. The van der Waals surface area contributed by atoms with E-state index in [9.17, 15) is 9.59 Å². The van der Waals surface area contributed by atoms with Gasteiger partial charge in [-0.05, 0) is 42.8 Å². The molecule has 2 aromatic rings. The Balaban J connectivity index is 1.61. The first-order chi connectivity index (χ1) is 15.1. The van der Waals surface area contributed by atoms with E-state index in [0.29, 0.717) is 31.3 Å². The molecule has 0 bridgehead atoms. The van der Waals surface area contributed by atoms with Gasteiger partial charge in [0.1, 0.15) is 12.4 Å². The third kappa shape index (κ3) is 10.6. The fraction of sp³-hybridized carbons (Fsp3) is 0.348. The molecule has 0 heterocycles. The van der Waals surface area contributed by atoms with Gasteiger partial charge < -0.3 is 24.8 Å². The van der Waals surface area contributed by atoms with Crippen molar-refractivity contribution in [1.29, 1.82) is 0 Å². The number of hydrogen-bond donors (Lipinski definition) is 2. The van der Waals surface area contributed by atoms with E-state index >= 15 is 0 Å². The SMILES string of the molecule is COCCOc1cccc(NC(=S)NC(=O)CCC(=O)OCCCc2ccccc2)c1. The Morgan fingerprint density at radius 3 is 2.55 bits per heavy atom. The van der Waals surface area contributed by atoms with E-state index in [0.717, 1.165) is 12.8 Å². The first kappa shape index (κ1) is 24.3. The van der Waals surface area contributed by atoms with Crippen molar-refractivity contribution in [3.8, 4) is 5.75 Å². The van der Waals surface area contributed by atoms with Gasteiger partial charge in [0.25, 0.3) is 0 Å². The number of carbonyl (C=O) groups is 2. The van der Waals surface area contributed by atoms with E-state index in [1.165, 1.54) is 5.56 Å². The zero-order valence-electron chi connectivity index (χ0n) is 17.6. The minimum absolute atomic E-state index is 0.000489. The van der Waals surface area contributed by atoms with E-state index in [2.05, 4.69) is 10.6 Å². The molecule has 7 nitrogen and oxygen atoms in total. The van der Waals surface area contributed by atoms with Crippen molar-refractivity contribution in [3.63, 3.8) is 0 Å². The van der Waals surface area contributed by atoms with Gasteiger partial charge in [0, 0.05) is 25.3 Å². The van der Waals surface area contributed by atoms with Crippen LogP contribution < -0.4 is 15.4 Å². The average molecular weight is 445 g/mol. The summed E-state index contributed by atoms with van der Waals surface area (Å²) in [5, 5.41) is 5.63. The number of thiocarbonyl (C=S) groups is 1. The van der Waals surface area contributed by atoms with Crippen molar-refractivity contribution in [2.75, 3.05) is 32.2 Å². The third-order valence-corrected chi connectivity index (χ3v) is 4.38. The molecular formula is C23H28N2O5S. The van der Waals surface area contributed by atoms with Crippen LogP contribution in [0.1, 0.15) is 24.8 Å². The molecule has 0 spiro atoms. The number of benzene rings is 2. The molecule has 0 aliphatic carbocycles. The maximum atomic E-state index is 12.0. The van der Waals surface area contributed by atoms with Crippen LogP contribution in [-0.2, 0) is 25.5 Å². The van der Waals surface area contributed by atoms with E-state index in [-0.39, 0.29) is 23.9 Å². The molecule has 0 atom stereocenters. The van der Waals surface area contributed by atoms with Crippen LogP contribution in [0.5, 0.6) is 5.75 Å². The molecule has 1 amide bonds. The molecule has 2 rings (SSSR count). The fourth-order valence-electron chi connectivity index (χ4n) is 2.65. The van der Waals surface area contributed by atoms with Crippen LogP contribution in [0, 0.1) is 0 Å². The molecule has 8 heteroatoms. The van der Waals surface area contributed by atoms with Gasteiger partial charge in [0.15, 0.2) is 5.11 Å². The Bertz CT molecular complexity index is 845. The Morgan fingerprint density at radius 2 is 1.77 bits per heavy atom. The summed E-state index contributed by atoms with van der Waals surface area (Å²) in [5.41, 5.74) is 1.88. The molecule has 31 heavy (non-hydrogen) atoms. The first-order valence-electron chi connectivity index (χ1n) is 10.1. The Hall–Kier alpha value is -2.97. The first-order valence-corrected chi connectivity index (χ1v) is 10.5. The lowest BCUT2D eigenvalue weighted by Gasteiger charge is -2.11. The molecule has 0 radical (unpaired) electrons. The number of rotatable bonds is 12. The Labute approximate surface area is 188 Å². The number of esters is 1. The number of nitrogens with one attached hydrogen (secondary N) is 2. The number of amides is 1. The maximum Gasteiger partial charge on any atom is 0.306 e. The maximum absolute atomic E-state index is 12.0. The molecular weight excluding hydrogens is 416 g/mol. The second-order valence-corrected chi connectivity index (χ2v) is 7.09. The Morgan fingerprint density at radius 1 is 0.968 bits per heavy atom. The molecule has 0 aliphatic rings. The van der Waals surface area contributed by atoms with Gasteiger partial charge in [-0.3, -0.25) is 9.59 Å². The van der Waals surface area contributed by atoms with Crippen molar-refractivity contribution in [1.82, 2.24) is 5.32 Å². The molecule has 2 N–H and O–H groups in total. The summed E-state index contributed by atoms with van der Waals surface area (Å²) in [6.07, 6.45) is 1.58. The highest BCUT2D eigenvalue weighted by atomic mass is 32.1. The molecule has 0 aliphatic heterocycles. The van der Waals surface area contributed by atoms with Gasteiger partial charge in [-0.25, -0.2) is 0 Å². The number of ether oxygens (including phenoxy) is 3. The van der Waals surface area contributed by atoms with E-state index in [1.54, 1.807) is 19.2 Å². The van der Waals surface area contributed by atoms with Gasteiger partial charge in [-0.15, -0.1) is 0 Å². The standard InChI is InChI=1S/C23H28N2O5S/c1-28-15-16-29-20-11-5-10-19(17-20)24-23(31)25-21(26)12-13-22(27)30-14-6-9-18-7-3-2-4-8-18/h2-5,7-8,10-11,17H,6,9,12-16H2,1H3,(H2,24,25,26,31). The summed E-state index contributed by atoms with van der Waals surface area (Å²) in [4.78, 5) is 23.8. The lowest BCUT2D eigenvalue weighted by molar-refractivity contribution is -0.145. The summed E-state index contributed by atoms with van der Waals surface area (Å²) in [6, 6.07) is 17.2. The smallest absolute Gasteiger partial charge is 0.306 e. The molecule has 0 saturated heterocycles. The van der Waals surface area contributed by atoms with Gasteiger partial charge >= 0.3 is 5.97 Å². The highest BCUT2D eigenvalue weighted by Gasteiger charge is 2.10. The number of methoxy groups -OCH3 is 1. The van der Waals surface area contributed by atoms with Crippen LogP contribution in [0.25, 0.3) is 0 Å². The minimum Gasteiger partial charge on any atom is -0.491 e. The van der Waals surface area contributed by atoms with Crippen LogP contribution in [0.2, 0.25) is 0 Å². The third-order valence-electron chi connectivity index (χ3n) is 4.17. The lowest BCUT2D eigenvalue weighted by Crippen LogP contribution is -2.34. The van der Waals surface area contributed by atoms with Crippen LogP contribution in [0.15, 0.2) is 54.6 Å². The number of aryl methyl sites for hydroxylation is 1. The highest BCUT2D eigenvalue weighted by molar-refractivity contribution is 7.80. The van der Waals surface area contributed by atoms with E-state index in [1.807, 2.05) is 42.5 Å². The molecule has 0 aromatic heterocycles. The predicted molar refractivity (Wildman–Crippen MR) is 123 cm³/mol. The van der Waals surface area contributed by atoms with Crippen LogP contribution in [0.4, 0.5) is 5.69 Å². The molecule has 0 fully saturated rings. The molecule has 0 unspecified atom stereocenters. The normalized spacial score (nSPS) is 10.2. The van der Waals surface area contributed by atoms with Gasteiger partial charge in [0.05, 0.1) is 19.6 Å². The number of hydrogen-bond acceptors (Lipinski definition) is 6. The van der Waals surface area contributed by atoms with Crippen molar-refractivity contribution >= 4 is 34.9 Å². The van der Waals surface area contributed by atoms with Crippen molar-refractivity contribution in [3.05, 3.63) is 60.2 Å². The molecule has 0 saturated carbocycles. The zero-order valence-corrected chi connectivity index (χ0v) is 18.4. The topological polar surface area (TPSA) is 85.9 Å². The lowest BCUT2D eigenvalue weighted by atomic mass is 10.1. The predicted octanol–water partition coefficient (Wildman–Crippen LogP) is 3.48. The van der Waals surface area contributed by atoms with Crippen LogP contribution >= 0.6 is 12.2 Å². The minimum atomic E-state index is -0.400. The van der Waals surface area contributed by atoms with Crippen molar-refractivity contribution < 1.29 is 23.8 Å². The van der Waals surface area contributed by atoms with E-state index in [4.69, 9.17) is 26.4 Å². The van der Waals surface area contributed by atoms with Crippen LogP contribution in [-0.4, -0.2) is 43.9 Å². The summed E-state index contributed by atoms with van der Waals surface area (Å²) in [7, 11) is 1.61. The van der Waals surface area contributed by atoms with E-state index < -0.39 is 5.97 Å². The second kappa shape index (κ2) is 14.1. The van der Waals surface area contributed by atoms with Gasteiger partial charge in [-0.2, -0.15) is 0 Å². The summed E-state index contributed by atoms with van der Waals surface area (Å²) < 4.78 is 15.7. The zero-order chi connectivity index (χ0) is 22.3. The van der Waals surface area contributed by atoms with Crippen molar-refractivity contribution in [2.24, 2.45) is 0 Å². The molecule has 166 valence electrons. The summed E-state index contributed by atoms with van der Waals surface area (Å²) in [6.45, 7) is 1.25. The quantitative estimate of drug-likeness (QED) is 0.294.